The van der Waals surface area contributed by atoms with Crippen LogP contribution < -0.4 is 9.47 Å². The molecule has 1 fully saturated rings. The predicted molar refractivity (Wildman–Crippen MR) is 149 cm³/mol. The van der Waals surface area contributed by atoms with E-state index >= 15 is 0 Å². The highest BCUT2D eigenvalue weighted by molar-refractivity contribution is 6.25. The molecule has 5 rings (SSSR count). The summed E-state index contributed by atoms with van der Waals surface area (Å²) in [5, 5.41) is 9.50. The van der Waals surface area contributed by atoms with Gasteiger partial charge in [-0.15, -0.1) is 0 Å². The third kappa shape index (κ3) is 5.39. The predicted octanol–water partition coefficient (Wildman–Crippen LogP) is 4.54. The zero-order chi connectivity index (χ0) is 28.4. The molecule has 3 aromatic carbocycles. The molecule has 3 atom stereocenters. The molecule has 0 saturated carbocycles. The van der Waals surface area contributed by atoms with Gasteiger partial charge >= 0.3 is 6.09 Å². The van der Waals surface area contributed by atoms with Crippen molar-refractivity contribution in [2.24, 2.45) is 0 Å². The van der Waals surface area contributed by atoms with E-state index in [0.29, 0.717) is 36.3 Å². The number of ether oxygens (including phenoxy) is 4. The van der Waals surface area contributed by atoms with E-state index < -0.39 is 35.3 Å². The van der Waals surface area contributed by atoms with E-state index in [9.17, 15) is 14.7 Å². The molecule has 1 saturated heterocycles. The zero-order valence-corrected chi connectivity index (χ0v) is 23.4. The highest BCUT2D eigenvalue weighted by Gasteiger charge is 2.51. The van der Waals surface area contributed by atoms with Crippen LogP contribution >= 0.6 is 11.6 Å². The maximum atomic E-state index is 14.2. The fraction of sp³-hybridized carbons (Fsp3) is 0.355. The van der Waals surface area contributed by atoms with Crippen LogP contribution in [0.4, 0.5) is 4.79 Å². The summed E-state index contributed by atoms with van der Waals surface area (Å²) in [6, 6.07) is 19.9. The number of methoxy groups -OCH3 is 2. The van der Waals surface area contributed by atoms with Crippen molar-refractivity contribution >= 4 is 23.6 Å². The zero-order valence-electron chi connectivity index (χ0n) is 22.6. The van der Waals surface area contributed by atoms with Crippen LogP contribution in [0.2, 0.25) is 0 Å². The number of imide groups is 1. The average molecular weight is 566 g/mol. The first-order valence-electron chi connectivity index (χ1n) is 13.1. The summed E-state index contributed by atoms with van der Waals surface area (Å²) in [5.41, 5.74) is 3.95. The van der Waals surface area contributed by atoms with Crippen molar-refractivity contribution in [3.05, 3.63) is 94.5 Å². The number of carbonyl (C=O) groups is 2. The number of halogens is 1. The fourth-order valence-electron chi connectivity index (χ4n) is 5.45. The minimum Gasteiger partial charge on any atom is -0.496 e. The molecule has 2 aliphatic rings. The quantitative estimate of drug-likeness (QED) is 0.381. The number of cyclic esters (lactones) is 1. The molecule has 0 aromatic heterocycles. The molecule has 40 heavy (non-hydrogen) atoms. The van der Waals surface area contributed by atoms with Gasteiger partial charge < -0.3 is 24.1 Å². The molecule has 0 radical (unpaired) electrons. The number of benzene rings is 3. The number of rotatable bonds is 9. The highest BCUT2D eigenvalue weighted by Crippen LogP contribution is 2.41. The molecule has 8 nitrogen and oxygen atoms in total. The number of amides is 2. The lowest BCUT2D eigenvalue weighted by Crippen LogP contribution is -2.54. The van der Waals surface area contributed by atoms with Crippen LogP contribution in [-0.2, 0) is 38.6 Å². The Morgan fingerprint density at radius 3 is 2.20 bits per heavy atom. The Morgan fingerprint density at radius 2 is 1.62 bits per heavy atom. The van der Waals surface area contributed by atoms with E-state index in [1.807, 2.05) is 54.6 Å². The Morgan fingerprint density at radius 1 is 1.05 bits per heavy atom. The van der Waals surface area contributed by atoms with Crippen LogP contribution in [0.3, 0.4) is 0 Å². The first kappa shape index (κ1) is 28.0. The summed E-state index contributed by atoms with van der Waals surface area (Å²) >= 11 is 6.88. The van der Waals surface area contributed by atoms with Gasteiger partial charge in [-0.2, -0.15) is 0 Å². The van der Waals surface area contributed by atoms with Gasteiger partial charge in [0, 0.05) is 11.1 Å². The molecule has 1 N–H and O–H groups in total. The van der Waals surface area contributed by atoms with Gasteiger partial charge in [0.15, 0.2) is 11.2 Å². The van der Waals surface area contributed by atoms with Crippen LogP contribution in [0.5, 0.6) is 11.5 Å². The third-order valence-electron chi connectivity index (χ3n) is 7.58. The van der Waals surface area contributed by atoms with Crippen molar-refractivity contribution in [3.63, 3.8) is 0 Å². The summed E-state index contributed by atoms with van der Waals surface area (Å²) in [6.45, 7) is 1.83. The molecule has 210 valence electrons. The van der Waals surface area contributed by atoms with Gasteiger partial charge in [-0.05, 0) is 55.0 Å². The summed E-state index contributed by atoms with van der Waals surface area (Å²) in [4.78, 5) is 28.1. The lowest BCUT2D eigenvalue weighted by Gasteiger charge is -2.35. The van der Waals surface area contributed by atoms with E-state index in [1.165, 1.54) is 14.2 Å². The van der Waals surface area contributed by atoms with Crippen LogP contribution in [0, 0.1) is 6.92 Å². The van der Waals surface area contributed by atoms with E-state index in [0.717, 1.165) is 21.6 Å². The lowest BCUT2D eigenvalue weighted by atomic mass is 9.98. The number of hydrogen-bond acceptors (Lipinski definition) is 7. The van der Waals surface area contributed by atoms with E-state index in [-0.39, 0.29) is 12.2 Å². The molecule has 0 bridgehead atoms. The van der Waals surface area contributed by atoms with Crippen LogP contribution in [0.15, 0.2) is 66.7 Å². The van der Waals surface area contributed by atoms with Gasteiger partial charge in [-0.3, -0.25) is 4.79 Å². The number of nitrogens with zero attached hydrogens (tertiary/aromatic N) is 1. The topological polar surface area (TPSA) is 94.5 Å². The molecule has 2 amide bonds. The third-order valence-corrected chi connectivity index (χ3v) is 8.00. The molecule has 1 aliphatic heterocycles. The Hall–Kier alpha value is -3.59. The molecule has 3 aromatic rings. The molecular formula is C31H32ClNO7. The van der Waals surface area contributed by atoms with Crippen LogP contribution in [0.25, 0.3) is 0 Å². The van der Waals surface area contributed by atoms with Gasteiger partial charge in [0.05, 0.1) is 26.4 Å². The number of aliphatic hydroxyl groups is 1. The van der Waals surface area contributed by atoms with Gasteiger partial charge in [-0.1, -0.05) is 66.2 Å². The molecule has 0 spiro atoms. The van der Waals surface area contributed by atoms with E-state index in [1.54, 1.807) is 19.1 Å². The van der Waals surface area contributed by atoms with Crippen molar-refractivity contribution in [1.29, 1.82) is 0 Å². The van der Waals surface area contributed by atoms with Gasteiger partial charge in [0.1, 0.15) is 18.1 Å². The minimum absolute atomic E-state index is 0.0218. The normalized spacial score (nSPS) is 19.1. The standard InChI is InChI=1S/C31H32ClNO7/c1-19-26(37-2)16-23(17-27(19)38-3)31(32,36)28(40-25-14-21-11-7-8-12-22(21)15-25)29(34)33-24(18-39-30(33)35)13-20-9-5-4-6-10-20/h4-12,16-17,24-25,28,36H,13-15,18H2,1-3H3/t24-,28-,31-/m1/s1. The minimum atomic E-state index is -2.37. The van der Waals surface area contributed by atoms with Crippen molar-refractivity contribution in [2.75, 3.05) is 20.8 Å². The summed E-state index contributed by atoms with van der Waals surface area (Å²) < 4.78 is 22.6. The Bertz CT molecular complexity index is 1340. The molecule has 1 aliphatic carbocycles. The maximum absolute atomic E-state index is 14.2. The molecule has 1 heterocycles. The van der Waals surface area contributed by atoms with Crippen molar-refractivity contribution < 1.29 is 33.6 Å². The fourth-order valence-corrected chi connectivity index (χ4v) is 5.71. The van der Waals surface area contributed by atoms with Crippen molar-refractivity contribution in [3.8, 4) is 11.5 Å². The second kappa shape index (κ2) is 11.5. The Balaban J connectivity index is 1.51. The summed E-state index contributed by atoms with van der Waals surface area (Å²) in [5.74, 6) is 0.0428. The van der Waals surface area contributed by atoms with Gasteiger partial charge in [0.2, 0.25) is 0 Å². The highest BCUT2D eigenvalue weighted by atomic mass is 35.5. The number of fused-ring (bicyclic) bond motifs is 1. The largest absolute Gasteiger partial charge is 0.496 e. The number of hydrogen-bond donors (Lipinski definition) is 1. The Labute approximate surface area is 238 Å². The smallest absolute Gasteiger partial charge is 0.417 e. The second-order valence-corrected chi connectivity index (χ2v) is 10.7. The second-order valence-electron chi connectivity index (χ2n) is 10.1. The van der Waals surface area contributed by atoms with E-state index in [2.05, 4.69) is 0 Å². The first-order chi connectivity index (χ1) is 19.2. The first-order valence-corrected chi connectivity index (χ1v) is 13.5. The van der Waals surface area contributed by atoms with Gasteiger partial charge in [0.25, 0.3) is 5.91 Å². The lowest BCUT2D eigenvalue weighted by molar-refractivity contribution is -0.160. The summed E-state index contributed by atoms with van der Waals surface area (Å²) in [6.07, 6.45) is -1.45. The number of carbonyl (C=O) groups excluding carboxylic acids is 2. The van der Waals surface area contributed by atoms with Crippen molar-refractivity contribution in [1.82, 2.24) is 4.90 Å². The monoisotopic (exact) mass is 565 g/mol. The van der Waals surface area contributed by atoms with Crippen molar-refractivity contribution in [2.45, 2.75) is 49.5 Å². The SMILES string of the molecule is COc1cc([C@](O)(Cl)[C@H](OC2Cc3ccccc3C2)C(=O)N2C(=O)OC[C@H]2Cc2ccccc2)cc(OC)c1C. The molecule has 0 unspecified atom stereocenters. The maximum Gasteiger partial charge on any atom is 0.417 e. The van der Waals surface area contributed by atoms with Gasteiger partial charge in [-0.25, -0.2) is 9.69 Å². The van der Waals surface area contributed by atoms with Crippen LogP contribution in [-0.4, -0.2) is 61.1 Å². The van der Waals surface area contributed by atoms with Crippen LogP contribution in [0.1, 0.15) is 27.8 Å². The molecule has 9 heteroatoms. The molecular weight excluding hydrogens is 534 g/mol. The summed E-state index contributed by atoms with van der Waals surface area (Å²) in [7, 11) is 2.98. The van der Waals surface area contributed by atoms with E-state index in [4.69, 9.17) is 30.5 Å². The average Bonchev–Trinajstić information content (AvgIpc) is 3.54. The number of alkyl halides is 1. The Kier molecular flexibility index (Phi) is 8.03.